The molecular weight excluding hydrogens is 260 g/mol. The van der Waals surface area contributed by atoms with Gasteiger partial charge >= 0.3 is 7.12 Å². The van der Waals surface area contributed by atoms with Crippen LogP contribution in [0.5, 0.6) is 5.75 Å². The van der Waals surface area contributed by atoms with E-state index in [-0.39, 0.29) is 5.56 Å². The third kappa shape index (κ3) is 2.43. The van der Waals surface area contributed by atoms with Gasteiger partial charge in [-0.15, -0.1) is 0 Å². The van der Waals surface area contributed by atoms with Crippen molar-refractivity contribution < 1.29 is 18.4 Å². The first kappa shape index (κ1) is 15.3. The molecule has 0 aromatic heterocycles. The molecule has 1 aromatic rings. The van der Waals surface area contributed by atoms with Crippen LogP contribution in [0.15, 0.2) is 18.2 Å². The van der Waals surface area contributed by atoms with E-state index in [9.17, 15) is 4.39 Å². The zero-order valence-electron chi connectivity index (χ0n) is 12.6. The van der Waals surface area contributed by atoms with E-state index < -0.39 is 30.1 Å². The van der Waals surface area contributed by atoms with Crippen molar-refractivity contribution in [3.05, 3.63) is 29.6 Å². The maximum atomic E-state index is 14.1. The van der Waals surface area contributed by atoms with Gasteiger partial charge in [0.05, 0.1) is 24.3 Å². The number of nitrogens with two attached hydrogens (primary N) is 1. The molecule has 0 aliphatic carbocycles. The van der Waals surface area contributed by atoms with Gasteiger partial charge in [0.1, 0.15) is 11.6 Å². The second-order valence-corrected chi connectivity index (χ2v) is 6.01. The zero-order chi connectivity index (χ0) is 15.1. The minimum Gasteiger partial charge on any atom is -0.496 e. The quantitative estimate of drug-likeness (QED) is 0.865. The van der Waals surface area contributed by atoms with Crippen molar-refractivity contribution in [2.24, 2.45) is 5.73 Å². The van der Waals surface area contributed by atoms with Crippen LogP contribution < -0.4 is 10.5 Å². The smallest absolute Gasteiger partial charge is 0.480 e. The zero-order valence-corrected chi connectivity index (χ0v) is 12.6. The Hall–Kier alpha value is -1.11. The van der Waals surface area contributed by atoms with Crippen LogP contribution in [0.2, 0.25) is 0 Å². The lowest BCUT2D eigenvalue weighted by Crippen LogP contribution is -2.41. The Kier molecular flexibility index (Phi) is 3.84. The molecule has 2 N–H and O–H groups in total. The Labute approximate surface area is 119 Å². The van der Waals surface area contributed by atoms with Crippen molar-refractivity contribution in [1.29, 1.82) is 0 Å². The second-order valence-electron chi connectivity index (χ2n) is 6.01. The monoisotopic (exact) mass is 281 g/mol. The molecule has 20 heavy (non-hydrogen) atoms. The molecule has 0 saturated carbocycles. The molecule has 2 rings (SSSR count). The summed E-state index contributed by atoms with van der Waals surface area (Å²) in [6.07, 6.45) is 0. The van der Waals surface area contributed by atoms with Crippen molar-refractivity contribution in [1.82, 2.24) is 0 Å². The number of ether oxygens (including phenoxy) is 1. The van der Waals surface area contributed by atoms with Gasteiger partial charge in [-0.2, -0.15) is 0 Å². The summed E-state index contributed by atoms with van der Waals surface area (Å²) in [4.78, 5) is 0. The van der Waals surface area contributed by atoms with Crippen molar-refractivity contribution in [2.45, 2.75) is 44.8 Å². The molecule has 110 valence electrons. The molecule has 1 atom stereocenters. The van der Waals surface area contributed by atoms with Crippen LogP contribution in [0.3, 0.4) is 0 Å². The molecule has 6 heteroatoms. The summed E-state index contributed by atoms with van der Waals surface area (Å²) in [5, 5.41) is 0. The van der Waals surface area contributed by atoms with Crippen LogP contribution in [0.4, 0.5) is 4.39 Å². The van der Waals surface area contributed by atoms with E-state index in [1.807, 2.05) is 27.7 Å². The van der Waals surface area contributed by atoms with E-state index in [1.54, 1.807) is 12.1 Å². The molecule has 1 fully saturated rings. The fourth-order valence-corrected chi connectivity index (χ4v) is 2.19. The van der Waals surface area contributed by atoms with Gasteiger partial charge in [0.25, 0.3) is 0 Å². The van der Waals surface area contributed by atoms with E-state index in [2.05, 4.69) is 0 Å². The summed E-state index contributed by atoms with van der Waals surface area (Å²) in [5.41, 5.74) is 5.41. The molecule has 1 aromatic carbocycles. The minimum atomic E-state index is -0.757. The van der Waals surface area contributed by atoms with Crippen molar-refractivity contribution in [2.75, 3.05) is 7.11 Å². The summed E-state index contributed by atoms with van der Waals surface area (Å²) in [6, 6.07) is 4.60. The summed E-state index contributed by atoms with van der Waals surface area (Å²) in [6.45, 7) is 7.72. The summed E-state index contributed by atoms with van der Waals surface area (Å²) in [7, 11) is 0.765. The highest BCUT2D eigenvalue weighted by Crippen LogP contribution is 2.41. The Morgan fingerprint density at radius 2 is 1.75 bits per heavy atom. The molecule has 1 heterocycles. The summed E-state index contributed by atoms with van der Waals surface area (Å²) in [5.74, 6) is -0.786. The van der Waals surface area contributed by atoms with E-state index in [4.69, 9.17) is 19.8 Å². The number of rotatable bonds is 3. The fourth-order valence-electron chi connectivity index (χ4n) is 2.19. The largest absolute Gasteiger partial charge is 0.496 e. The van der Waals surface area contributed by atoms with Crippen LogP contribution in [0, 0.1) is 5.82 Å². The summed E-state index contributed by atoms with van der Waals surface area (Å²) < 4.78 is 31.0. The van der Waals surface area contributed by atoms with Crippen molar-refractivity contribution >= 4 is 7.12 Å². The molecule has 4 nitrogen and oxygen atoms in total. The molecular formula is C14H21BFNO3. The first-order chi connectivity index (χ1) is 9.19. The van der Waals surface area contributed by atoms with E-state index >= 15 is 0 Å². The van der Waals surface area contributed by atoms with E-state index in [0.29, 0.717) is 5.75 Å². The molecule has 1 aliphatic heterocycles. The number of hydrogen-bond acceptors (Lipinski definition) is 4. The first-order valence-corrected chi connectivity index (χ1v) is 6.63. The molecule has 1 aliphatic rings. The second kappa shape index (κ2) is 5.02. The third-order valence-electron chi connectivity index (χ3n) is 4.13. The number of methoxy groups -OCH3 is 1. The van der Waals surface area contributed by atoms with E-state index in [1.165, 1.54) is 13.2 Å². The number of halogens is 1. The van der Waals surface area contributed by atoms with Gasteiger partial charge in [0.15, 0.2) is 0 Å². The Morgan fingerprint density at radius 3 is 2.25 bits per heavy atom. The maximum absolute atomic E-state index is 14.1. The SMILES string of the molecule is COc1cccc(F)c1[C@@H](N)B1OC(C)(C)C(C)(C)O1. The van der Waals surface area contributed by atoms with Gasteiger partial charge in [-0.1, -0.05) is 6.07 Å². The summed E-state index contributed by atoms with van der Waals surface area (Å²) >= 11 is 0. The predicted molar refractivity (Wildman–Crippen MR) is 76.0 cm³/mol. The van der Waals surface area contributed by atoms with Gasteiger partial charge in [0, 0.05) is 5.56 Å². The lowest BCUT2D eigenvalue weighted by molar-refractivity contribution is 0.00578. The molecule has 0 bridgehead atoms. The third-order valence-corrected chi connectivity index (χ3v) is 4.13. The lowest BCUT2D eigenvalue weighted by atomic mass is 9.74. The molecule has 0 unspecified atom stereocenters. The van der Waals surface area contributed by atoms with Gasteiger partial charge in [-0.3, -0.25) is 0 Å². The van der Waals surface area contributed by atoms with Gasteiger partial charge < -0.3 is 19.8 Å². The number of benzene rings is 1. The molecule has 0 radical (unpaired) electrons. The number of hydrogen-bond donors (Lipinski definition) is 1. The van der Waals surface area contributed by atoms with Gasteiger partial charge in [0.2, 0.25) is 0 Å². The van der Waals surface area contributed by atoms with Crippen LogP contribution in [0.25, 0.3) is 0 Å². The molecule has 1 saturated heterocycles. The van der Waals surface area contributed by atoms with Crippen LogP contribution in [-0.2, 0) is 9.31 Å². The topological polar surface area (TPSA) is 53.7 Å². The Balaban J connectivity index is 2.32. The predicted octanol–water partition coefficient (Wildman–Crippen LogP) is 2.47. The highest BCUT2D eigenvalue weighted by atomic mass is 19.1. The fraction of sp³-hybridized carbons (Fsp3) is 0.571. The highest BCUT2D eigenvalue weighted by Gasteiger charge is 2.54. The average molecular weight is 281 g/mol. The van der Waals surface area contributed by atoms with Crippen LogP contribution >= 0.6 is 0 Å². The van der Waals surface area contributed by atoms with Crippen molar-refractivity contribution in [3.8, 4) is 5.75 Å². The van der Waals surface area contributed by atoms with Crippen LogP contribution in [-0.4, -0.2) is 25.4 Å². The minimum absolute atomic E-state index is 0.272. The molecule has 0 amide bonds. The van der Waals surface area contributed by atoms with E-state index in [0.717, 1.165) is 0 Å². The Morgan fingerprint density at radius 1 is 1.20 bits per heavy atom. The first-order valence-electron chi connectivity index (χ1n) is 6.63. The Bertz CT molecular complexity index is 491. The normalized spacial score (nSPS) is 21.9. The lowest BCUT2D eigenvalue weighted by Gasteiger charge is -2.32. The van der Waals surface area contributed by atoms with Crippen molar-refractivity contribution in [3.63, 3.8) is 0 Å². The standard InChI is InChI=1S/C14H21BFNO3/c1-13(2)14(3,4)20-15(19-13)12(17)11-9(16)7-6-8-10(11)18-5/h6-8,12H,17H2,1-5H3/t12-/m1/s1. The van der Waals surface area contributed by atoms with Gasteiger partial charge in [-0.25, -0.2) is 4.39 Å². The maximum Gasteiger partial charge on any atom is 0.480 e. The average Bonchev–Trinajstić information content (AvgIpc) is 2.57. The highest BCUT2D eigenvalue weighted by molar-refractivity contribution is 6.47. The van der Waals surface area contributed by atoms with Gasteiger partial charge in [-0.05, 0) is 39.8 Å². The molecule has 0 spiro atoms. The van der Waals surface area contributed by atoms with Crippen LogP contribution in [0.1, 0.15) is 39.2 Å².